The monoisotopic (exact) mass is 482 g/mol. The molecule has 0 unspecified atom stereocenters. The van der Waals surface area contributed by atoms with Gasteiger partial charge in [-0.15, -0.1) is 0 Å². The number of carbonyl (C=O) groups is 2. The first-order valence-corrected chi connectivity index (χ1v) is 12.2. The molecule has 2 amide bonds. The maximum Gasteiger partial charge on any atom is 0.277 e. The van der Waals surface area contributed by atoms with Crippen molar-refractivity contribution < 1.29 is 9.59 Å². The van der Waals surface area contributed by atoms with Gasteiger partial charge in [-0.3, -0.25) is 9.59 Å². The summed E-state index contributed by atoms with van der Waals surface area (Å²) < 4.78 is 3.74. The van der Waals surface area contributed by atoms with Crippen LogP contribution in [-0.2, 0) is 17.8 Å². The molecule has 8 heteroatoms. The third-order valence-electron chi connectivity index (χ3n) is 6.76. The first-order chi connectivity index (χ1) is 17.4. The number of aryl methyl sites for hydroxylation is 2. The first kappa shape index (κ1) is 23.5. The molecule has 0 radical (unpaired) electrons. The Labute approximate surface area is 210 Å². The number of hydrogen-bond donors (Lipinski definition) is 0. The molecule has 2 aromatic heterocycles. The standard InChI is InChI=1S/C28H30N6O2/c1-5-26(35)31(4)18-25-29-15-17-32(25)21-10-12-22(13-11-21)33-16-14-24-20(3)30-34(27(24)28(33)36)23-8-6-19(2)7-9-23/h6-13,15,17H,5,14,16,18H2,1-4H3. The molecular formula is C28H30N6O2. The van der Waals surface area contributed by atoms with E-state index in [2.05, 4.69) is 4.98 Å². The molecule has 0 aliphatic carbocycles. The highest BCUT2D eigenvalue weighted by atomic mass is 16.2. The molecule has 4 aromatic rings. The van der Waals surface area contributed by atoms with E-state index in [1.165, 1.54) is 0 Å². The lowest BCUT2D eigenvalue weighted by Crippen LogP contribution is -2.38. The summed E-state index contributed by atoms with van der Waals surface area (Å²) in [5, 5.41) is 4.70. The van der Waals surface area contributed by atoms with Gasteiger partial charge in [0.15, 0.2) is 0 Å². The molecule has 0 spiro atoms. The van der Waals surface area contributed by atoms with Crippen LogP contribution in [-0.4, -0.2) is 49.6 Å². The largest absolute Gasteiger partial charge is 0.338 e. The summed E-state index contributed by atoms with van der Waals surface area (Å²) in [5.74, 6) is 0.805. The number of anilines is 1. The predicted octanol–water partition coefficient (Wildman–Crippen LogP) is 4.25. The van der Waals surface area contributed by atoms with Gasteiger partial charge in [0.25, 0.3) is 5.91 Å². The Morgan fingerprint density at radius 3 is 2.36 bits per heavy atom. The smallest absolute Gasteiger partial charge is 0.277 e. The SMILES string of the molecule is CCC(=O)N(C)Cc1nccn1-c1ccc(N2CCc3c(C)nn(-c4ccc(C)cc4)c3C2=O)cc1. The predicted molar refractivity (Wildman–Crippen MR) is 139 cm³/mol. The number of hydrogen-bond acceptors (Lipinski definition) is 4. The van der Waals surface area contributed by atoms with Gasteiger partial charge in [-0.05, 0) is 56.7 Å². The topological polar surface area (TPSA) is 76.3 Å². The number of amides is 2. The van der Waals surface area contributed by atoms with Crippen LogP contribution in [0.15, 0.2) is 60.9 Å². The van der Waals surface area contributed by atoms with E-state index >= 15 is 0 Å². The Bertz CT molecular complexity index is 1420. The van der Waals surface area contributed by atoms with Crippen molar-refractivity contribution >= 4 is 17.5 Å². The van der Waals surface area contributed by atoms with Gasteiger partial charge in [0, 0.05) is 49.3 Å². The molecule has 5 rings (SSSR count). The minimum atomic E-state index is -0.0480. The van der Waals surface area contributed by atoms with Crippen molar-refractivity contribution in [2.24, 2.45) is 0 Å². The quantitative estimate of drug-likeness (QED) is 0.412. The van der Waals surface area contributed by atoms with Gasteiger partial charge in [-0.25, -0.2) is 9.67 Å². The van der Waals surface area contributed by atoms with E-state index < -0.39 is 0 Å². The number of rotatable bonds is 6. The molecule has 0 N–H and O–H groups in total. The zero-order valence-corrected chi connectivity index (χ0v) is 21.1. The van der Waals surface area contributed by atoms with Gasteiger partial charge in [0.05, 0.1) is 17.9 Å². The Balaban J connectivity index is 1.41. The van der Waals surface area contributed by atoms with Crippen LogP contribution in [0, 0.1) is 13.8 Å². The molecule has 0 saturated carbocycles. The number of aromatic nitrogens is 4. The second-order valence-corrected chi connectivity index (χ2v) is 9.20. The fourth-order valence-electron chi connectivity index (χ4n) is 4.70. The summed E-state index contributed by atoms with van der Waals surface area (Å²) in [7, 11) is 1.78. The van der Waals surface area contributed by atoms with Gasteiger partial charge < -0.3 is 14.4 Å². The molecule has 1 aliphatic rings. The van der Waals surface area contributed by atoms with E-state index in [1.807, 2.05) is 85.0 Å². The van der Waals surface area contributed by atoms with Crippen molar-refractivity contribution in [3.05, 3.63) is 89.3 Å². The first-order valence-electron chi connectivity index (χ1n) is 12.2. The number of carbonyl (C=O) groups excluding carboxylic acids is 2. The van der Waals surface area contributed by atoms with Crippen molar-refractivity contribution in [1.82, 2.24) is 24.2 Å². The van der Waals surface area contributed by atoms with E-state index in [1.54, 1.807) is 22.8 Å². The van der Waals surface area contributed by atoms with Crippen molar-refractivity contribution in [2.75, 3.05) is 18.5 Å². The fourth-order valence-corrected chi connectivity index (χ4v) is 4.70. The molecule has 2 aromatic carbocycles. The third kappa shape index (κ3) is 4.19. The Hall–Kier alpha value is -4.20. The maximum absolute atomic E-state index is 13.7. The van der Waals surface area contributed by atoms with E-state index in [0.29, 0.717) is 25.2 Å². The second kappa shape index (κ2) is 9.45. The lowest BCUT2D eigenvalue weighted by atomic mass is 10.0. The number of imidazole rings is 1. The molecule has 1 aliphatic heterocycles. The van der Waals surface area contributed by atoms with E-state index in [4.69, 9.17) is 5.10 Å². The van der Waals surface area contributed by atoms with Crippen LogP contribution in [0.3, 0.4) is 0 Å². The van der Waals surface area contributed by atoms with E-state index in [9.17, 15) is 9.59 Å². The van der Waals surface area contributed by atoms with Crippen LogP contribution in [0.4, 0.5) is 5.69 Å². The Morgan fingerprint density at radius 1 is 1.00 bits per heavy atom. The summed E-state index contributed by atoms with van der Waals surface area (Å²) in [6.45, 7) is 6.89. The molecule has 8 nitrogen and oxygen atoms in total. The lowest BCUT2D eigenvalue weighted by Gasteiger charge is -2.28. The molecule has 0 saturated heterocycles. The molecule has 3 heterocycles. The van der Waals surface area contributed by atoms with Gasteiger partial charge in [-0.1, -0.05) is 24.6 Å². The highest BCUT2D eigenvalue weighted by Crippen LogP contribution is 2.29. The minimum Gasteiger partial charge on any atom is -0.338 e. The lowest BCUT2D eigenvalue weighted by molar-refractivity contribution is -0.130. The van der Waals surface area contributed by atoms with Crippen LogP contribution in [0.25, 0.3) is 11.4 Å². The van der Waals surface area contributed by atoms with Crippen LogP contribution in [0.1, 0.15) is 46.5 Å². The average molecular weight is 483 g/mol. The average Bonchev–Trinajstić information content (AvgIpc) is 3.49. The highest BCUT2D eigenvalue weighted by molar-refractivity contribution is 6.07. The highest BCUT2D eigenvalue weighted by Gasteiger charge is 2.32. The van der Waals surface area contributed by atoms with Crippen molar-refractivity contribution in [2.45, 2.75) is 40.2 Å². The summed E-state index contributed by atoms with van der Waals surface area (Å²) in [4.78, 5) is 33.6. The fraction of sp³-hybridized carbons (Fsp3) is 0.286. The molecule has 36 heavy (non-hydrogen) atoms. The molecular weight excluding hydrogens is 452 g/mol. The molecule has 0 fully saturated rings. The van der Waals surface area contributed by atoms with Crippen molar-refractivity contribution in [1.29, 1.82) is 0 Å². The molecule has 0 bridgehead atoms. The number of fused-ring (bicyclic) bond motifs is 1. The summed E-state index contributed by atoms with van der Waals surface area (Å²) in [6, 6.07) is 15.9. The van der Waals surface area contributed by atoms with Gasteiger partial charge in [-0.2, -0.15) is 5.10 Å². The van der Waals surface area contributed by atoms with Crippen LogP contribution in [0.2, 0.25) is 0 Å². The van der Waals surface area contributed by atoms with E-state index in [-0.39, 0.29) is 11.8 Å². The summed E-state index contributed by atoms with van der Waals surface area (Å²) >= 11 is 0. The van der Waals surface area contributed by atoms with Gasteiger partial charge in [0.1, 0.15) is 11.5 Å². The van der Waals surface area contributed by atoms with Crippen molar-refractivity contribution in [3.63, 3.8) is 0 Å². The molecule has 0 atom stereocenters. The van der Waals surface area contributed by atoms with Crippen LogP contribution in [0.5, 0.6) is 0 Å². The zero-order valence-electron chi connectivity index (χ0n) is 21.1. The van der Waals surface area contributed by atoms with Gasteiger partial charge >= 0.3 is 0 Å². The summed E-state index contributed by atoms with van der Waals surface area (Å²) in [6.07, 6.45) is 4.83. The minimum absolute atomic E-state index is 0.0480. The number of benzene rings is 2. The Kier molecular flexibility index (Phi) is 6.18. The third-order valence-corrected chi connectivity index (χ3v) is 6.76. The second-order valence-electron chi connectivity index (χ2n) is 9.20. The maximum atomic E-state index is 13.7. The molecule has 184 valence electrons. The van der Waals surface area contributed by atoms with E-state index in [0.717, 1.165) is 46.1 Å². The summed E-state index contributed by atoms with van der Waals surface area (Å²) in [5.41, 5.74) is 6.35. The Morgan fingerprint density at radius 2 is 1.67 bits per heavy atom. The zero-order chi connectivity index (χ0) is 25.4. The number of nitrogens with zero attached hydrogens (tertiary/aromatic N) is 6. The van der Waals surface area contributed by atoms with Crippen LogP contribution < -0.4 is 4.90 Å². The normalized spacial score (nSPS) is 13.1. The van der Waals surface area contributed by atoms with Gasteiger partial charge in [0.2, 0.25) is 5.91 Å². The van der Waals surface area contributed by atoms with Crippen LogP contribution >= 0.6 is 0 Å². The van der Waals surface area contributed by atoms with Crippen molar-refractivity contribution in [3.8, 4) is 11.4 Å².